The number of amides is 1. The molecule has 0 saturated carbocycles. The van der Waals surface area contributed by atoms with Gasteiger partial charge in [-0.05, 0) is 60.0 Å². The molecule has 1 aliphatic heterocycles. The third-order valence-corrected chi connectivity index (χ3v) is 8.17. The number of nitrogens with zero attached hydrogens (tertiary/aromatic N) is 1. The van der Waals surface area contributed by atoms with Gasteiger partial charge in [0.25, 0.3) is 10.0 Å². The highest BCUT2D eigenvalue weighted by Crippen LogP contribution is 2.31. The maximum atomic E-state index is 12.7. The van der Waals surface area contributed by atoms with Crippen LogP contribution >= 0.6 is 27.3 Å². The molecule has 1 aromatic carbocycles. The van der Waals surface area contributed by atoms with E-state index >= 15 is 0 Å². The molecule has 1 saturated heterocycles. The Kier molecular flexibility index (Phi) is 5.62. The van der Waals surface area contributed by atoms with E-state index in [0.29, 0.717) is 23.6 Å². The Hall–Kier alpha value is -1.22. The van der Waals surface area contributed by atoms with Crippen molar-refractivity contribution in [3.63, 3.8) is 0 Å². The molecular weight excluding hydrogens is 424 g/mol. The fraction of sp³-hybridized carbons (Fsp3) is 0.353. The summed E-state index contributed by atoms with van der Waals surface area (Å²) in [7, 11) is -3.54. The molecule has 1 aromatic heterocycles. The van der Waals surface area contributed by atoms with Crippen LogP contribution in [0.5, 0.6) is 0 Å². The summed E-state index contributed by atoms with van der Waals surface area (Å²) in [5.41, 5.74) is 1.85. The number of thiophene rings is 1. The second-order valence-electron chi connectivity index (χ2n) is 6.12. The van der Waals surface area contributed by atoms with E-state index in [4.69, 9.17) is 0 Å². The number of hydrogen-bond acceptors (Lipinski definition) is 4. The summed E-state index contributed by atoms with van der Waals surface area (Å²) in [6.45, 7) is 2.65. The first-order valence-corrected chi connectivity index (χ1v) is 11.0. The Balaban J connectivity index is 1.70. The van der Waals surface area contributed by atoms with Gasteiger partial charge in [-0.2, -0.15) is 4.31 Å². The van der Waals surface area contributed by atoms with Crippen LogP contribution in [0.15, 0.2) is 44.4 Å². The van der Waals surface area contributed by atoms with Gasteiger partial charge in [-0.15, -0.1) is 11.3 Å². The lowest BCUT2D eigenvalue weighted by Crippen LogP contribution is -2.43. The average molecular weight is 443 g/mol. The van der Waals surface area contributed by atoms with Crippen LogP contribution in [0.2, 0.25) is 0 Å². The van der Waals surface area contributed by atoms with E-state index < -0.39 is 10.0 Å². The molecule has 2 heterocycles. The highest BCUT2D eigenvalue weighted by atomic mass is 79.9. The number of sulfonamides is 1. The topological polar surface area (TPSA) is 66.5 Å². The van der Waals surface area contributed by atoms with Crippen molar-refractivity contribution in [2.75, 3.05) is 18.4 Å². The Morgan fingerprint density at radius 3 is 2.60 bits per heavy atom. The number of nitrogens with one attached hydrogen (secondary N) is 1. The van der Waals surface area contributed by atoms with E-state index in [1.54, 1.807) is 12.1 Å². The van der Waals surface area contributed by atoms with Gasteiger partial charge in [0.15, 0.2) is 0 Å². The van der Waals surface area contributed by atoms with Crippen molar-refractivity contribution in [1.82, 2.24) is 4.31 Å². The van der Waals surface area contributed by atoms with Gasteiger partial charge in [-0.1, -0.05) is 17.7 Å². The minimum absolute atomic E-state index is 0.129. The lowest BCUT2D eigenvalue weighted by atomic mass is 9.98. The van der Waals surface area contributed by atoms with Gasteiger partial charge in [0, 0.05) is 18.8 Å². The first-order chi connectivity index (χ1) is 11.9. The van der Waals surface area contributed by atoms with Crippen molar-refractivity contribution in [3.05, 3.63) is 45.7 Å². The first kappa shape index (κ1) is 18.6. The van der Waals surface area contributed by atoms with Crippen LogP contribution in [0.1, 0.15) is 18.4 Å². The summed E-state index contributed by atoms with van der Waals surface area (Å²) in [4.78, 5) is 12.5. The van der Waals surface area contributed by atoms with Crippen molar-refractivity contribution in [2.24, 2.45) is 5.92 Å². The van der Waals surface area contributed by atoms with Crippen molar-refractivity contribution in [2.45, 2.75) is 24.0 Å². The van der Waals surface area contributed by atoms with Crippen molar-refractivity contribution in [1.29, 1.82) is 0 Å². The Labute approximate surface area is 160 Å². The molecule has 5 nitrogen and oxygen atoms in total. The fourth-order valence-electron chi connectivity index (χ4n) is 2.82. The van der Waals surface area contributed by atoms with E-state index in [0.717, 1.165) is 15.0 Å². The van der Waals surface area contributed by atoms with Crippen LogP contribution < -0.4 is 5.32 Å². The second-order valence-corrected chi connectivity index (χ2v) is 10.7. The van der Waals surface area contributed by atoms with E-state index in [1.807, 2.05) is 31.2 Å². The number of rotatable bonds is 4. The molecule has 0 unspecified atom stereocenters. The van der Waals surface area contributed by atoms with Crippen molar-refractivity contribution < 1.29 is 13.2 Å². The number of carbonyl (C=O) groups excluding carboxylic acids is 1. The predicted octanol–water partition coefficient (Wildman–Crippen LogP) is 3.86. The zero-order valence-electron chi connectivity index (χ0n) is 13.7. The summed E-state index contributed by atoms with van der Waals surface area (Å²) in [5.74, 6) is -0.468. The van der Waals surface area contributed by atoms with Crippen LogP contribution in [-0.2, 0) is 14.8 Å². The third-order valence-electron chi connectivity index (χ3n) is 4.22. The number of halogens is 1. The second kappa shape index (κ2) is 7.57. The summed E-state index contributed by atoms with van der Waals surface area (Å²) < 4.78 is 28.0. The molecule has 1 atom stereocenters. The number of anilines is 1. The number of benzene rings is 1. The van der Waals surface area contributed by atoms with E-state index in [9.17, 15) is 13.2 Å². The normalized spacial score (nSPS) is 18.9. The van der Waals surface area contributed by atoms with Gasteiger partial charge < -0.3 is 5.32 Å². The Morgan fingerprint density at radius 1 is 1.24 bits per heavy atom. The standard InChI is InChI=1S/C17H19BrN2O3S2/c1-12-4-6-14(7-5-12)19-17(21)13-3-2-10-20(11-13)25(22,23)16-9-8-15(18)24-16/h4-9,13H,2-3,10-11H2,1H3,(H,19,21)/t13-/m1/s1. The molecule has 0 bridgehead atoms. The molecule has 1 amide bonds. The molecule has 0 spiro atoms. The Morgan fingerprint density at radius 2 is 1.96 bits per heavy atom. The van der Waals surface area contributed by atoms with Gasteiger partial charge in [-0.25, -0.2) is 8.42 Å². The lowest BCUT2D eigenvalue weighted by Gasteiger charge is -2.30. The molecule has 3 rings (SSSR count). The van der Waals surface area contributed by atoms with Gasteiger partial charge in [0.05, 0.1) is 9.70 Å². The summed E-state index contributed by atoms with van der Waals surface area (Å²) >= 11 is 4.49. The van der Waals surface area contributed by atoms with E-state index in [-0.39, 0.29) is 18.4 Å². The van der Waals surface area contributed by atoms with E-state index in [1.165, 1.54) is 15.6 Å². The third kappa shape index (κ3) is 4.31. The molecule has 1 fully saturated rings. The van der Waals surface area contributed by atoms with Gasteiger partial charge in [0.2, 0.25) is 5.91 Å². The zero-order chi connectivity index (χ0) is 18.0. The Bertz CT molecular complexity index is 862. The molecule has 25 heavy (non-hydrogen) atoms. The van der Waals surface area contributed by atoms with Crippen molar-refractivity contribution >= 4 is 48.9 Å². The monoisotopic (exact) mass is 442 g/mol. The molecular formula is C17H19BrN2O3S2. The minimum Gasteiger partial charge on any atom is -0.326 e. The quantitative estimate of drug-likeness (QED) is 0.781. The molecule has 1 aliphatic rings. The summed E-state index contributed by atoms with van der Waals surface area (Å²) in [6.07, 6.45) is 1.37. The highest BCUT2D eigenvalue weighted by molar-refractivity contribution is 9.11. The van der Waals surface area contributed by atoms with Gasteiger partial charge in [-0.3, -0.25) is 4.79 Å². The first-order valence-electron chi connectivity index (χ1n) is 7.99. The fourth-order valence-corrected chi connectivity index (χ4v) is 6.51. The van der Waals surface area contributed by atoms with Crippen molar-refractivity contribution in [3.8, 4) is 0 Å². The number of hydrogen-bond donors (Lipinski definition) is 1. The molecule has 0 radical (unpaired) electrons. The van der Waals surface area contributed by atoms with Crippen LogP contribution in [0.3, 0.4) is 0 Å². The van der Waals surface area contributed by atoms with Crippen LogP contribution in [-0.4, -0.2) is 31.7 Å². The predicted molar refractivity (Wildman–Crippen MR) is 103 cm³/mol. The lowest BCUT2D eigenvalue weighted by molar-refractivity contribution is -0.120. The highest BCUT2D eigenvalue weighted by Gasteiger charge is 2.34. The largest absolute Gasteiger partial charge is 0.326 e. The molecule has 0 aliphatic carbocycles. The van der Waals surface area contributed by atoms with Gasteiger partial charge in [0.1, 0.15) is 4.21 Å². The summed E-state index contributed by atoms with van der Waals surface area (Å²) in [6, 6.07) is 10.9. The average Bonchev–Trinajstić information content (AvgIpc) is 3.04. The number of piperidine rings is 1. The maximum Gasteiger partial charge on any atom is 0.252 e. The van der Waals surface area contributed by atoms with Crippen LogP contribution in [0.25, 0.3) is 0 Å². The smallest absolute Gasteiger partial charge is 0.252 e. The molecule has 8 heteroatoms. The maximum absolute atomic E-state index is 12.7. The van der Waals surface area contributed by atoms with E-state index in [2.05, 4.69) is 21.2 Å². The molecule has 134 valence electrons. The van der Waals surface area contributed by atoms with Crippen LogP contribution in [0.4, 0.5) is 5.69 Å². The van der Waals surface area contributed by atoms with Crippen LogP contribution in [0, 0.1) is 12.8 Å². The number of aryl methyl sites for hydroxylation is 1. The molecule has 2 aromatic rings. The summed E-state index contributed by atoms with van der Waals surface area (Å²) in [5, 5.41) is 2.89. The minimum atomic E-state index is -3.54. The van der Waals surface area contributed by atoms with Gasteiger partial charge >= 0.3 is 0 Å². The zero-order valence-corrected chi connectivity index (χ0v) is 17.0. The molecule has 1 N–H and O–H groups in total. The SMILES string of the molecule is Cc1ccc(NC(=O)[C@@H]2CCCN(S(=O)(=O)c3ccc(Br)s3)C2)cc1. The number of carbonyl (C=O) groups is 1.